The maximum Gasteiger partial charge on any atom is 0.315 e. The molecule has 1 rings (SSSR count). The smallest absolute Gasteiger partial charge is 0.315 e. The van der Waals surface area contributed by atoms with Crippen LogP contribution >= 0.6 is 0 Å². The summed E-state index contributed by atoms with van der Waals surface area (Å²) < 4.78 is 0. The minimum atomic E-state index is 0.0190. The number of hydrogen-bond acceptors (Lipinski definition) is 1. The van der Waals surface area contributed by atoms with Gasteiger partial charge in [0.15, 0.2) is 0 Å². The molecule has 1 saturated carbocycles. The second-order valence-electron chi connectivity index (χ2n) is 4.64. The van der Waals surface area contributed by atoms with Crippen LogP contribution in [0, 0.1) is 0 Å². The maximum atomic E-state index is 11.6. The molecule has 0 spiro atoms. The van der Waals surface area contributed by atoms with Crippen molar-refractivity contribution in [2.24, 2.45) is 0 Å². The summed E-state index contributed by atoms with van der Waals surface area (Å²) in [5.41, 5.74) is 0. The summed E-state index contributed by atoms with van der Waals surface area (Å²) in [6, 6.07) is 0.736. The standard InChI is InChI=1S/C12H24N2O/c1-3-4-7-10(2)13-12(15)14-11-8-5-6-9-11/h10-11H,3-9H2,1-2H3,(H2,13,14,15). The van der Waals surface area contributed by atoms with Gasteiger partial charge < -0.3 is 10.6 Å². The topological polar surface area (TPSA) is 41.1 Å². The Morgan fingerprint density at radius 3 is 2.67 bits per heavy atom. The lowest BCUT2D eigenvalue weighted by molar-refractivity contribution is 0.233. The molecule has 1 unspecified atom stereocenters. The number of carbonyl (C=O) groups is 1. The highest BCUT2D eigenvalue weighted by atomic mass is 16.2. The molecule has 0 saturated heterocycles. The quantitative estimate of drug-likeness (QED) is 0.723. The highest BCUT2D eigenvalue weighted by Gasteiger charge is 2.17. The summed E-state index contributed by atoms with van der Waals surface area (Å²) in [4.78, 5) is 11.6. The van der Waals surface area contributed by atoms with Crippen LogP contribution in [0.4, 0.5) is 4.79 Å². The van der Waals surface area contributed by atoms with Crippen molar-refractivity contribution in [3.05, 3.63) is 0 Å². The van der Waals surface area contributed by atoms with Crippen LogP contribution in [0.1, 0.15) is 58.8 Å². The third-order valence-electron chi connectivity index (χ3n) is 3.06. The first-order valence-corrected chi connectivity index (χ1v) is 6.29. The van der Waals surface area contributed by atoms with Crippen molar-refractivity contribution < 1.29 is 4.79 Å². The molecule has 0 heterocycles. The van der Waals surface area contributed by atoms with Crippen molar-refractivity contribution in [1.29, 1.82) is 0 Å². The minimum Gasteiger partial charge on any atom is -0.336 e. The zero-order valence-electron chi connectivity index (χ0n) is 10.0. The fraction of sp³-hybridized carbons (Fsp3) is 0.917. The molecule has 3 nitrogen and oxygen atoms in total. The average Bonchev–Trinajstić information content (AvgIpc) is 2.67. The first-order valence-electron chi connectivity index (χ1n) is 6.29. The van der Waals surface area contributed by atoms with E-state index in [2.05, 4.69) is 24.5 Å². The van der Waals surface area contributed by atoms with Gasteiger partial charge in [-0.25, -0.2) is 4.79 Å². The summed E-state index contributed by atoms with van der Waals surface area (Å²) >= 11 is 0. The molecule has 1 atom stereocenters. The zero-order chi connectivity index (χ0) is 11.1. The largest absolute Gasteiger partial charge is 0.336 e. The first kappa shape index (κ1) is 12.3. The van der Waals surface area contributed by atoms with Gasteiger partial charge in [0, 0.05) is 12.1 Å². The number of nitrogens with one attached hydrogen (secondary N) is 2. The predicted octanol–water partition coefficient (Wildman–Crippen LogP) is 2.81. The van der Waals surface area contributed by atoms with E-state index in [0.29, 0.717) is 12.1 Å². The molecular weight excluding hydrogens is 188 g/mol. The van der Waals surface area contributed by atoms with E-state index < -0.39 is 0 Å². The molecule has 0 aromatic carbocycles. The van der Waals surface area contributed by atoms with Crippen LogP contribution in [0.25, 0.3) is 0 Å². The second-order valence-corrected chi connectivity index (χ2v) is 4.64. The van der Waals surface area contributed by atoms with E-state index in [4.69, 9.17) is 0 Å². The van der Waals surface area contributed by atoms with Crippen LogP contribution in [0.5, 0.6) is 0 Å². The number of unbranched alkanes of at least 4 members (excludes halogenated alkanes) is 1. The highest BCUT2D eigenvalue weighted by molar-refractivity contribution is 5.74. The van der Waals surface area contributed by atoms with Crippen LogP contribution in [0.15, 0.2) is 0 Å². The van der Waals surface area contributed by atoms with Crippen molar-refractivity contribution in [2.75, 3.05) is 0 Å². The lowest BCUT2D eigenvalue weighted by Crippen LogP contribution is -2.44. The normalized spacial score (nSPS) is 18.8. The van der Waals surface area contributed by atoms with Crippen molar-refractivity contribution in [2.45, 2.75) is 70.9 Å². The molecule has 1 fully saturated rings. The van der Waals surface area contributed by atoms with E-state index in [1.165, 1.54) is 25.7 Å². The Labute approximate surface area is 93.0 Å². The van der Waals surface area contributed by atoms with E-state index in [0.717, 1.165) is 19.3 Å². The zero-order valence-corrected chi connectivity index (χ0v) is 10.0. The van der Waals surface area contributed by atoms with Crippen molar-refractivity contribution in [3.63, 3.8) is 0 Å². The predicted molar refractivity (Wildman–Crippen MR) is 62.9 cm³/mol. The summed E-state index contributed by atoms with van der Waals surface area (Å²) in [5.74, 6) is 0. The van der Waals surface area contributed by atoms with Gasteiger partial charge >= 0.3 is 6.03 Å². The van der Waals surface area contributed by atoms with Gasteiger partial charge in [0.05, 0.1) is 0 Å². The van der Waals surface area contributed by atoms with Gasteiger partial charge in [-0.2, -0.15) is 0 Å². The minimum absolute atomic E-state index is 0.0190. The summed E-state index contributed by atoms with van der Waals surface area (Å²) in [6.45, 7) is 4.25. The maximum absolute atomic E-state index is 11.6. The Kier molecular flexibility index (Phi) is 5.51. The van der Waals surface area contributed by atoms with Crippen molar-refractivity contribution in [1.82, 2.24) is 10.6 Å². The van der Waals surface area contributed by atoms with Crippen molar-refractivity contribution >= 4 is 6.03 Å². The summed E-state index contributed by atoms with van der Waals surface area (Å²) in [7, 11) is 0. The second kappa shape index (κ2) is 6.70. The van der Waals surface area contributed by atoms with Gasteiger partial charge in [-0.3, -0.25) is 0 Å². The first-order chi connectivity index (χ1) is 7.22. The van der Waals surface area contributed by atoms with E-state index in [1.807, 2.05) is 0 Å². The summed E-state index contributed by atoms with van der Waals surface area (Å²) in [5, 5.41) is 6.03. The fourth-order valence-electron chi connectivity index (χ4n) is 2.10. The molecule has 1 aliphatic carbocycles. The Bertz CT molecular complexity index is 188. The molecule has 2 amide bonds. The van der Waals surface area contributed by atoms with E-state index >= 15 is 0 Å². The molecule has 88 valence electrons. The Morgan fingerprint density at radius 1 is 1.40 bits per heavy atom. The lowest BCUT2D eigenvalue weighted by Gasteiger charge is -2.17. The molecule has 0 aromatic rings. The van der Waals surface area contributed by atoms with E-state index in [-0.39, 0.29) is 6.03 Å². The van der Waals surface area contributed by atoms with Gasteiger partial charge in [-0.15, -0.1) is 0 Å². The fourth-order valence-corrected chi connectivity index (χ4v) is 2.10. The molecule has 15 heavy (non-hydrogen) atoms. The Morgan fingerprint density at radius 2 is 2.07 bits per heavy atom. The van der Waals surface area contributed by atoms with E-state index in [1.54, 1.807) is 0 Å². The van der Waals surface area contributed by atoms with Crippen LogP contribution in [-0.4, -0.2) is 18.1 Å². The van der Waals surface area contributed by atoms with Crippen molar-refractivity contribution in [3.8, 4) is 0 Å². The van der Waals surface area contributed by atoms with Crippen LogP contribution in [0.3, 0.4) is 0 Å². The number of carbonyl (C=O) groups excluding carboxylic acids is 1. The van der Waals surface area contributed by atoms with Crippen LogP contribution in [-0.2, 0) is 0 Å². The van der Waals surface area contributed by atoms with Gasteiger partial charge in [0.1, 0.15) is 0 Å². The van der Waals surface area contributed by atoms with Crippen LogP contribution in [0.2, 0.25) is 0 Å². The van der Waals surface area contributed by atoms with Gasteiger partial charge in [0.25, 0.3) is 0 Å². The lowest BCUT2D eigenvalue weighted by atomic mass is 10.1. The number of amides is 2. The van der Waals surface area contributed by atoms with Gasteiger partial charge in [0.2, 0.25) is 0 Å². The molecule has 2 N–H and O–H groups in total. The molecule has 3 heteroatoms. The molecule has 0 aliphatic heterocycles. The SMILES string of the molecule is CCCCC(C)NC(=O)NC1CCCC1. The van der Waals surface area contributed by atoms with Crippen LogP contribution < -0.4 is 10.6 Å². The highest BCUT2D eigenvalue weighted by Crippen LogP contribution is 2.17. The Balaban J connectivity index is 2.11. The molecule has 1 aliphatic rings. The number of hydrogen-bond donors (Lipinski definition) is 2. The molecular formula is C12H24N2O. The number of rotatable bonds is 5. The molecule has 0 aromatic heterocycles. The van der Waals surface area contributed by atoms with E-state index in [9.17, 15) is 4.79 Å². The molecule has 0 radical (unpaired) electrons. The van der Waals surface area contributed by atoms with Gasteiger partial charge in [-0.1, -0.05) is 32.6 Å². The third-order valence-corrected chi connectivity index (χ3v) is 3.06. The third kappa shape index (κ3) is 5.05. The molecule has 0 bridgehead atoms. The Hall–Kier alpha value is -0.730. The van der Waals surface area contributed by atoms with Gasteiger partial charge in [-0.05, 0) is 26.2 Å². The monoisotopic (exact) mass is 212 g/mol. The summed E-state index contributed by atoms with van der Waals surface area (Å²) in [6.07, 6.45) is 8.27. The number of urea groups is 1. The average molecular weight is 212 g/mol.